The third kappa shape index (κ3) is 4.28. The number of hydrogen-bond donors (Lipinski definition) is 1. The Kier molecular flexibility index (Phi) is 5.94. The van der Waals surface area contributed by atoms with Crippen molar-refractivity contribution in [3.05, 3.63) is 94.0 Å². The molecule has 0 radical (unpaired) electrons. The molecule has 154 valence electrons. The van der Waals surface area contributed by atoms with Gasteiger partial charge in [0.25, 0.3) is 0 Å². The molecule has 0 bridgehead atoms. The van der Waals surface area contributed by atoms with Gasteiger partial charge in [-0.2, -0.15) is 0 Å². The van der Waals surface area contributed by atoms with E-state index in [1.807, 2.05) is 55.5 Å². The summed E-state index contributed by atoms with van der Waals surface area (Å²) in [7, 11) is 0. The monoisotopic (exact) mass is 420 g/mol. The zero-order valence-corrected chi connectivity index (χ0v) is 17.8. The lowest BCUT2D eigenvalue weighted by molar-refractivity contribution is -0.149. The van der Waals surface area contributed by atoms with E-state index in [1.165, 1.54) is 5.56 Å². The Labute approximate surface area is 182 Å². The number of ether oxygens (including phenoxy) is 1. The van der Waals surface area contributed by atoms with Crippen molar-refractivity contribution in [2.24, 2.45) is 0 Å². The lowest BCUT2D eigenvalue weighted by Crippen LogP contribution is -2.36. The Morgan fingerprint density at radius 1 is 1.10 bits per heavy atom. The minimum Gasteiger partial charge on any atom is -0.481 e. The summed E-state index contributed by atoms with van der Waals surface area (Å²) in [6.45, 7) is 2.41. The summed E-state index contributed by atoms with van der Waals surface area (Å²) < 4.78 is 6.43. The molecule has 3 aromatic carbocycles. The molecule has 4 heteroatoms. The Morgan fingerprint density at radius 3 is 2.73 bits per heavy atom. The lowest BCUT2D eigenvalue weighted by Gasteiger charge is -2.38. The number of carboxylic acid groups (broad SMARTS) is 1. The standard InChI is InChI=1S/C26H25ClO3/c1-18-14-22(27)11-12-23(18)21-8-4-6-19(15-21)17-30-26(16-25(28)29)13-5-9-20-7-2-3-10-24(20)26/h2-4,6-8,10-12,14-15H,5,9,13,16-17H2,1H3,(H,28,29). The number of fused-ring (bicyclic) bond motifs is 1. The molecule has 1 unspecified atom stereocenters. The maximum absolute atomic E-state index is 11.7. The van der Waals surface area contributed by atoms with Gasteiger partial charge in [0.1, 0.15) is 5.60 Å². The van der Waals surface area contributed by atoms with E-state index in [9.17, 15) is 9.90 Å². The van der Waals surface area contributed by atoms with E-state index in [4.69, 9.17) is 16.3 Å². The largest absolute Gasteiger partial charge is 0.481 e. The second kappa shape index (κ2) is 8.63. The highest BCUT2D eigenvalue weighted by atomic mass is 35.5. The van der Waals surface area contributed by atoms with Crippen LogP contribution in [-0.2, 0) is 28.2 Å². The van der Waals surface area contributed by atoms with Gasteiger partial charge in [0.2, 0.25) is 0 Å². The van der Waals surface area contributed by atoms with Crippen molar-refractivity contribution in [3.8, 4) is 11.1 Å². The summed E-state index contributed by atoms with van der Waals surface area (Å²) in [5.74, 6) is -0.836. The molecule has 0 heterocycles. The molecule has 3 aromatic rings. The van der Waals surface area contributed by atoms with Gasteiger partial charge in [-0.1, -0.05) is 60.1 Å². The molecule has 0 saturated heterocycles. The van der Waals surface area contributed by atoms with Gasteiger partial charge in [-0.05, 0) is 77.8 Å². The van der Waals surface area contributed by atoms with Crippen LogP contribution in [-0.4, -0.2) is 11.1 Å². The molecule has 0 saturated carbocycles. The van der Waals surface area contributed by atoms with Crippen LogP contribution in [0.4, 0.5) is 0 Å². The molecule has 0 amide bonds. The number of benzene rings is 3. The van der Waals surface area contributed by atoms with Gasteiger partial charge in [0.05, 0.1) is 13.0 Å². The average molecular weight is 421 g/mol. The van der Waals surface area contributed by atoms with Crippen LogP contribution in [0.3, 0.4) is 0 Å². The van der Waals surface area contributed by atoms with Gasteiger partial charge in [-0.15, -0.1) is 0 Å². The Hall–Kier alpha value is -2.62. The minimum absolute atomic E-state index is 0.0278. The third-order valence-corrected chi connectivity index (χ3v) is 6.15. The number of aliphatic carboxylic acids is 1. The molecule has 0 spiro atoms. The van der Waals surface area contributed by atoms with E-state index in [1.54, 1.807) is 0 Å². The number of rotatable bonds is 6. The van der Waals surface area contributed by atoms with Crippen LogP contribution in [0.25, 0.3) is 11.1 Å². The van der Waals surface area contributed by atoms with Crippen molar-refractivity contribution >= 4 is 17.6 Å². The third-order valence-electron chi connectivity index (χ3n) is 5.91. The van der Waals surface area contributed by atoms with Crippen LogP contribution >= 0.6 is 11.6 Å². The fourth-order valence-corrected chi connectivity index (χ4v) is 4.74. The van der Waals surface area contributed by atoms with Crippen LogP contribution in [0, 0.1) is 6.92 Å². The first-order chi connectivity index (χ1) is 14.5. The number of hydrogen-bond acceptors (Lipinski definition) is 2. The first kappa shape index (κ1) is 20.6. The lowest BCUT2D eigenvalue weighted by atomic mass is 9.77. The normalized spacial score (nSPS) is 18.1. The van der Waals surface area contributed by atoms with Crippen LogP contribution in [0.2, 0.25) is 5.02 Å². The molecule has 1 N–H and O–H groups in total. The van der Waals surface area contributed by atoms with Crippen molar-refractivity contribution in [1.29, 1.82) is 0 Å². The van der Waals surface area contributed by atoms with Gasteiger partial charge in [-0.3, -0.25) is 4.79 Å². The van der Waals surface area contributed by atoms with Gasteiger partial charge in [0.15, 0.2) is 0 Å². The van der Waals surface area contributed by atoms with E-state index < -0.39 is 11.6 Å². The predicted octanol–water partition coefficient (Wildman–Crippen LogP) is 6.54. The molecule has 0 aromatic heterocycles. The molecule has 1 atom stereocenters. The molecule has 1 aliphatic carbocycles. The average Bonchev–Trinajstić information content (AvgIpc) is 2.72. The van der Waals surface area contributed by atoms with Crippen molar-refractivity contribution in [1.82, 2.24) is 0 Å². The summed E-state index contributed by atoms with van der Waals surface area (Å²) in [4.78, 5) is 11.7. The Morgan fingerprint density at radius 2 is 1.93 bits per heavy atom. The second-order valence-electron chi connectivity index (χ2n) is 8.02. The van der Waals surface area contributed by atoms with Crippen LogP contribution in [0.15, 0.2) is 66.7 Å². The van der Waals surface area contributed by atoms with Gasteiger partial charge < -0.3 is 9.84 Å². The minimum atomic E-state index is -0.836. The molecule has 0 fully saturated rings. The smallest absolute Gasteiger partial charge is 0.306 e. The van der Waals surface area contributed by atoms with Crippen LogP contribution < -0.4 is 0 Å². The van der Waals surface area contributed by atoms with Gasteiger partial charge in [-0.25, -0.2) is 0 Å². The van der Waals surface area contributed by atoms with E-state index in [0.29, 0.717) is 13.0 Å². The van der Waals surface area contributed by atoms with Crippen LogP contribution in [0.5, 0.6) is 0 Å². The van der Waals surface area contributed by atoms with E-state index in [0.717, 1.165) is 45.7 Å². The van der Waals surface area contributed by atoms with Crippen molar-refractivity contribution < 1.29 is 14.6 Å². The maximum Gasteiger partial charge on any atom is 0.306 e. The summed E-state index contributed by atoms with van der Waals surface area (Å²) in [6, 6.07) is 22.2. The summed E-state index contributed by atoms with van der Waals surface area (Å²) in [5, 5.41) is 10.3. The Balaban J connectivity index is 1.62. The second-order valence-corrected chi connectivity index (χ2v) is 8.46. The molecule has 3 nitrogen and oxygen atoms in total. The molecular formula is C26H25ClO3. The predicted molar refractivity (Wildman–Crippen MR) is 120 cm³/mol. The zero-order valence-electron chi connectivity index (χ0n) is 17.0. The molecule has 0 aliphatic heterocycles. The highest BCUT2D eigenvalue weighted by Gasteiger charge is 2.39. The summed E-state index contributed by atoms with van der Waals surface area (Å²) in [6.07, 6.45) is 2.58. The maximum atomic E-state index is 11.7. The molecule has 30 heavy (non-hydrogen) atoms. The van der Waals surface area contributed by atoms with E-state index in [2.05, 4.69) is 18.2 Å². The highest BCUT2D eigenvalue weighted by Crippen LogP contribution is 2.42. The number of halogens is 1. The fourth-order valence-electron chi connectivity index (χ4n) is 4.51. The van der Waals surface area contributed by atoms with Gasteiger partial charge in [0, 0.05) is 5.02 Å². The molecular weight excluding hydrogens is 396 g/mol. The Bertz CT molecular complexity index is 1080. The SMILES string of the molecule is Cc1cc(Cl)ccc1-c1cccc(COC2(CC(=O)O)CCCc3ccccc32)c1. The van der Waals surface area contributed by atoms with E-state index >= 15 is 0 Å². The number of carboxylic acids is 1. The quantitative estimate of drug-likeness (QED) is 0.492. The molecule has 1 aliphatic rings. The zero-order chi connectivity index (χ0) is 21.1. The number of carbonyl (C=O) groups is 1. The van der Waals surface area contributed by atoms with Crippen LogP contribution in [0.1, 0.15) is 41.5 Å². The summed E-state index contributed by atoms with van der Waals surface area (Å²) >= 11 is 6.10. The van der Waals surface area contributed by atoms with E-state index in [-0.39, 0.29) is 6.42 Å². The first-order valence-corrected chi connectivity index (χ1v) is 10.6. The van der Waals surface area contributed by atoms with Gasteiger partial charge >= 0.3 is 5.97 Å². The van der Waals surface area contributed by atoms with Crippen molar-refractivity contribution in [2.75, 3.05) is 0 Å². The van der Waals surface area contributed by atoms with Crippen molar-refractivity contribution in [2.45, 2.75) is 44.8 Å². The highest BCUT2D eigenvalue weighted by molar-refractivity contribution is 6.30. The fraction of sp³-hybridized carbons (Fsp3) is 0.269. The topological polar surface area (TPSA) is 46.5 Å². The molecule has 4 rings (SSSR count). The number of aryl methyl sites for hydroxylation is 2. The first-order valence-electron chi connectivity index (χ1n) is 10.3. The van der Waals surface area contributed by atoms with Crippen molar-refractivity contribution in [3.63, 3.8) is 0 Å². The summed E-state index contributed by atoms with van der Waals surface area (Å²) in [5.41, 5.74) is 5.79.